The molecule has 4 nitrogen and oxygen atoms in total. The molecule has 0 bridgehead atoms. The maximum absolute atomic E-state index is 10.2. The molecule has 0 aliphatic rings. The Morgan fingerprint density at radius 3 is 2.50 bits per heavy atom. The summed E-state index contributed by atoms with van der Waals surface area (Å²) in [5.74, 6) is -0.686. The molecule has 0 aliphatic heterocycles. The van der Waals surface area contributed by atoms with Gasteiger partial charge in [-0.15, -0.1) is 11.6 Å². The Hall–Kier alpha value is -0.320. The normalized spacial score (nSPS) is 16.3. The van der Waals surface area contributed by atoms with Crippen LogP contribution in [0.4, 0.5) is 0 Å². The third-order valence-electron chi connectivity index (χ3n) is 0.998. The van der Waals surface area contributed by atoms with E-state index in [1.165, 1.54) is 0 Å². The molecular formula is C5H10ClNO3. The van der Waals surface area contributed by atoms with Gasteiger partial charge in [0.2, 0.25) is 5.91 Å². The summed E-state index contributed by atoms with van der Waals surface area (Å²) in [5.41, 5.74) is 4.78. The maximum atomic E-state index is 10.2. The van der Waals surface area contributed by atoms with Gasteiger partial charge in [0.1, 0.15) is 5.38 Å². The SMILES string of the molecule is NC(=O)[C@@H](Cl)CC(O)CO. The van der Waals surface area contributed by atoms with E-state index in [0.29, 0.717) is 0 Å². The second-order valence-corrected chi connectivity index (χ2v) is 2.47. The summed E-state index contributed by atoms with van der Waals surface area (Å²) < 4.78 is 0. The van der Waals surface area contributed by atoms with Crippen molar-refractivity contribution in [2.45, 2.75) is 17.9 Å². The Labute approximate surface area is 63.6 Å². The second kappa shape index (κ2) is 4.49. The lowest BCUT2D eigenvalue weighted by molar-refractivity contribution is -0.118. The van der Waals surface area contributed by atoms with E-state index in [2.05, 4.69) is 0 Å². The predicted molar refractivity (Wildman–Crippen MR) is 36.5 cm³/mol. The van der Waals surface area contributed by atoms with Gasteiger partial charge in [0, 0.05) is 6.42 Å². The van der Waals surface area contributed by atoms with Crippen molar-refractivity contribution < 1.29 is 15.0 Å². The Morgan fingerprint density at radius 1 is 1.70 bits per heavy atom. The Bertz CT molecular complexity index is 119. The first kappa shape index (κ1) is 9.68. The van der Waals surface area contributed by atoms with Crippen LogP contribution in [0.25, 0.3) is 0 Å². The number of carbonyl (C=O) groups excluding carboxylic acids is 1. The van der Waals surface area contributed by atoms with E-state index in [4.69, 9.17) is 27.5 Å². The van der Waals surface area contributed by atoms with E-state index in [1.807, 2.05) is 0 Å². The number of carbonyl (C=O) groups is 1. The zero-order valence-corrected chi connectivity index (χ0v) is 6.08. The van der Waals surface area contributed by atoms with E-state index in [9.17, 15) is 4.79 Å². The van der Waals surface area contributed by atoms with Crippen LogP contribution in [0, 0.1) is 0 Å². The van der Waals surface area contributed by atoms with Crippen LogP contribution >= 0.6 is 11.6 Å². The lowest BCUT2D eigenvalue weighted by Crippen LogP contribution is -2.28. The molecule has 0 saturated heterocycles. The van der Waals surface area contributed by atoms with Crippen LogP contribution in [-0.2, 0) is 4.79 Å². The van der Waals surface area contributed by atoms with Crippen LogP contribution in [-0.4, -0.2) is 34.2 Å². The summed E-state index contributed by atoms with van der Waals surface area (Å²) in [4.78, 5) is 10.2. The summed E-state index contributed by atoms with van der Waals surface area (Å²) in [6.07, 6.45) is -0.970. The molecule has 0 aromatic heterocycles. The first-order chi connectivity index (χ1) is 4.57. The van der Waals surface area contributed by atoms with E-state index in [0.717, 1.165) is 0 Å². The molecule has 0 aliphatic carbocycles. The van der Waals surface area contributed by atoms with Gasteiger partial charge < -0.3 is 15.9 Å². The fourth-order valence-electron chi connectivity index (χ4n) is 0.430. The minimum Gasteiger partial charge on any atom is -0.394 e. The molecule has 5 heteroatoms. The minimum atomic E-state index is -0.963. The molecule has 0 saturated carbocycles. The highest BCUT2D eigenvalue weighted by Crippen LogP contribution is 2.04. The highest BCUT2D eigenvalue weighted by Gasteiger charge is 2.15. The Morgan fingerprint density at radius 2 is 2.20 bits per heavy atom. The Balaban J connectivity index is 3.56. The lowest BCUT2D eigenvalue weighted by Gasteiger charge is -2.08. The molecule has 4 N–H and O–H groups in total. The van der Waals surface area contributed by atoms with Crippen LogP contribution < -0.4 is 5.73 Å². The van der Waals surface area contributed by atoms with Crippen LogP contribution in [0.15, 0.2) is 0 Å². The zero-order valence-electron chi connectivity index (χ0n) is 5.33. The molecule has 10 heavy (non-hydrogen) atoms. The van der Waals surface area contributed by atoms with Crippen molar-refractivity contribution in [3.05, 3.63) is 0 Å². The van der Waals surface area contributed by atoms with Crippen LogP contribution in [0.5, 0.6) is 0 Å². The van der Waals surface area contributed by atoms with Gasteiger partial charge in [-0.05, 0) is 0 Å². The fourth-order valence-corrected chi connectivity index (χ4v) is 0.635. The summed E-state index contributed by atoms with van der Waals surface area (Å²) in [6, 6.07) is 0. The average Bonchev–Trinajstić information content (AvgIpc) is 1.87. The monoisotopic (exact) mass is 167 g/mol. The number of primary amides is 1. The number of hydrogen-bond acceptors (Lipinski definition) is 3. The number of aliphatic hydroxyl groups is 2. The van der Waals surface area contributed by atoms with Crippen molar-refractivity contribution >= 4 is 17.5 Å². The van der Waals surface area contributed by atoms with Gasteiger partial charge in [-0.2, -0.15) is 0 Å². The maximum Gasteiger partial charge on any atom is 0.235 e. The van der Waals surface area contributed by atoms with Crippen LogP contribution in [0.2, 0.25) is 0 Å². The van der Waals surface area contributed by atoms with Crippen molar-refractivity contribution in [2.75, 3.05) is 6.61 Å². The number of halogens is 1. The van der Waals surface area contributed by atoms with Crippen LogP contribution in [0.1, 0.15) is 6.42 Å². The second-order valence-electron chi connectivity index (χ2n) is 1.94. The van der Waals surface area contributed by atoms with E-state index in [1.54, 1.807) is 0 Å². The van der Waals surface area contributed by atoms with Crippen molar-refractivity contribution in [3.8, 4) is 0 Å². The van der Waals surface area contributed by atoms with E-state index >= 15 is 0 Å². The lowest BCUT2D eigenvalue weighted by atomic mass is 10.2. The largest absolute Gasteiger partial charge is 0.394 e. The van der Waals surface area contributed by atoms with Gasteiger partial charge >= 0.3 is 0 Å². The van der Waals surface area contributed by atoms with Crippen molar-refractivity contribution in [1.82, 2.24) is 0 Å². The standard InChI is InChI=1S/C5H10ClNO3/c6-4(5(7)10)1-3(9)2-8/h3-4,8-9H,1-2H2,(H2,7,10)/t3?,4-/m0/s1. The summed E-state index contributed by atoms with van der Waals surface area (Å²) in [6.45, 7) is -0.406. The summed E-state index contributed by atoms with van der Waals surface area (Å²) in [5, 5.41) is 16.1. The Kier molecular flexibility index (Phi) is 4.34. The molecular weight excluding hydrogens is 158 g/mol. The molecule has 0 aromatic rings. The number of rotatable bonds is 4. The number of aliphatic hydroxyl groups excluding tert-OH is 2. The number of alkyl halides is 1. The molecule has 0 aromatic carbocycles. The van der Waals surface area contributed by atoms with Gasteiger partial charge in [-0.3, -0.25) is 4.79 Å². The van der Waals surface area contributed by atoms with E-state index in [-0.39, 0.29) is 6.42 Å². The third-order valence-corrected chi connectivity index (χ3v) is 1.39. The first-order valence-electron chi connectivity index (χ1n) is 2.80. The van der Waals surface area contributed by atoms with Gasteiger partial charge in [-0.1, -0.05) is 0 Å². The molecule has 2 atom stereocenters. The third kappa shape index (κ3) is 3.66. The molecule has 1 unspecified atom stereocenters. The van der Waals surface area contributed by atoms with Gasteiger partial charge in [-0.25, -0.2) is 0 Å². The van der Waals surface area contributed by atoms with E-state index < -0.39 is 24.0 Å². The number of hydrogen-bond donors (Lipinski definition) is 3. The van der Waals surface area contributed by atoms with Crippen LogP contribution in [0.3, 0.4) is 0 Å². The van der Waals surface area contributed by atoms with Crippen molar-refractivity contribution in [1.29, 1.82) is 0 Å². The van der Waals surface area contributed by atoms with Gasteiger partial charge in [0.15, 0.2) is 0 Å². The van der Waals surface area contributed by atoms with Crippen molar-refractivity contribution in [3.63, 3.8) is 0 Å². The smallest absolute Gasteiger partial charge is 0.235 e. The van der Waals surface area contributed by atoms with Crippen molar-refractivity contribution in [2.24, 2.45) is 5.73 Å². The molecule has 0 radical (unpaired) electrons. The topological polar surface area (TPSA) is 83.6 Å². The average molecular weight is 168 g/mol. The molecule has 0 rings (SSSR count). The molecule has 0 spiro atoms. The highest BCUT2D eigenvalue weighted by molar-refractivity contribution is 6.30. The zero-order chi connectivity index (χ0) is 8.15. The molecule has 60 valence electrons. The predicted octanol–water partition coefficient (Wildman–Crippen LogP) is -1.18. The summed E-state index contributed by atoms with van der Waals surface area (Å²) >= 11 is 5.34. The molecule has 0 fully saturated rings. The van der Waals surface area contributed by atoms with Gasteiger partial charge in [0.05, 0.1) is 12.7 Å². The fraction of sp³-hybridized carbons (Fsp3) is 0.800. The first-order valence-corrected chi connectivity index (χ1v) is 3.24. The van der Waals surface area contributed by atoms with Gasteiger partial charge in [0.25, 0.3) is 0 Å². The quantitative estimate of drug-likeness (QED) is 0.461. The molecule has 1 amide bonds. The molecule has 0 heterocycles. The number of nitrogens with two attached hydrogens (primary N) is 1. The highest BCUT2D eigenvalue weighted by atomic mass is 35.5. The minimum absolute atomic E-state index is 0.00656. The summed E-state index contributed by atoms with van der Waals surface area (Å²) in [7, 11) is 0. The number of amides is 1.